The Balaban J connectivity index is 2.15. The van der Waals surface area contributed by atoms with E-state index in [-0.39, 0.29) is 18.5 Å². The fourth-order valence-corrected chi connectivity index (χ4v) is 2.10. The number of ether oxygens (including phenoxy) is 2. The molecule has 0 saturated heterocycles. The zero-order valence-corrected chi connectivity index (χ0v) is 12.3. The summed E-state index contributed by atoms with van der Waals surface area (Å²) in [5.41, 5.74) is 7.38. The number of hydrogen-bond donors (Lipinski definition) is 1. The molecule has 21 heavy (non-hydrogen) atoms. The molecule has 112 valence electrons. The monoisotopic (exact) mass is 289 g/mol. The molecule has 0 bridgehead atoms. The SMILES string of the molecule is COc1ccc(CC(C)N)cc1OCc1ccccc1F. The van der Waals surface area contributed by atoms with Gasteiger partial charge in [0.25, 0.3) is 0 Å². The van der Waals surface area contributed by atoms with Crippen molar-refractivity contribution in [3.05, 3.63) is 59.4 Å². The van der Waals surface area contributed by atoms with Gasteiger partial charge in [-0.2, -0.15) is 0 Å². The van der Waals surface area contributed by atoms with Crippen molar-refractivity contribution in [2.75, 3.05) is 7.11 Å². The first kappa shape index (κ1) is 15.3. The third-order valence-corrected chi connectivity index (χ3v) is 3.13. The second-order valence-electron chi connectivity index (χ2n) is 5.05. The third-order valence-electron chi connectivity index (χ3n) is 3.13. The molecule has 2 aromatic carbocycles. The van der Waals surface area contributed by atoms with E-state index in [9.17, 15) is 4.39 Å². The van der Waals surface area contributed by atoms with Gasteiger partial charge in [0.05, 0.1) is 7.11 Å². The number of halogens is 1. The van der Waals surface area contributed by atoms with Crippen LogP contribution in [0.25, 0.3) is 0 Å². The summed E-state index contributed by atoms with van der Waals surface area (Å²) in [5, 5.41) is 0. The van der Waals surface area contributed by atoms with Gasteiger partial charge < -0.3 is 15.2 Å². The van der Waals surface area contributed by atoms with Crippen molar-refractivity contribution in [3.8, 4) is 11.5 Å². The Morgan fingerprint density at radius 2 is 1.90 bits per heavy atom. The zero-order valence-electron chi connectivity index (χ0n) is 12.3. The first-order chi connectivity index (χ1) is 10.1. The summed E-state index contributed by atoms with van der Waals surface area (Å²) in [5.74, 6) is 0.946. The van der Waals surface area contributed by atoms with Crippen LogP contribution in [-0.2, 0) is 13.0 Å². The Bertz CT molecular complexity index is 599. The van der Waals surface area contributed by atoms with E-state index in [1.807, 2.05) is 25.1 Å². The van der Waals surface area contributed by atoms with Gasteiger partial charge in [-0.1, -0.05) is 24.3 Å². The molecule has 0 spiro atoms. The van der Waals surface area contributed by atoms with Crippen LogP contribution in [0.2, 0.25) is 0 Å². The van der Waals surface area contributed by atoms with Gasteiger partial charge in [0.2, 0.25) is 0 Å². The maximum Gasteiger partial charge on any atom is 0.161 e. The topological polar surface area (TPSA) is 44.5 Å². The quantitative estimate of drug-likeness (QED) is 0.887. The second-order valence-corrected chi connectivity index (χ2v) is 5.05. The Morgan fingerprint density at radius 1 is 1.14 bits per heavy atom. The minimum Gasteiger partial charge on any atom is -0.493 e. The number of methoxy groups -OCH3 is 1. The van der Waals surface area contributed by atoms with Crippen molar-refractivity contribution in [1.29, 1.82) is 0 Å². The van der Waals surface area contributed by atoms with Crippen molar-refractivity contribution in [3.63, 3.8) is 0 Å². The van der Waals surface area contributed by atoms with Gasteiger partial charge in [0, 0.05) is 11.6 Å². The van der Waals surface area contributed by atoms with Gasteiger partial charge in [-0.3, -0.25) is 0 Å². The lowest BCUT2D eigenvalue weighted by atomic mass is 10.1. The lowest BCUT2D eigenvalue weighted by molar-refractivity contribution is 0.279. The van der Waals surface area contributed by atoms with Crippen LogP contribution in [0.1, 0.15) is 18.1 Å². The fourth-order valence-electron chi connectivity index (χ4n) is 2.10. The van der Waals surface area contributed by atoms with Crippen LogP contribution in [-0.4, -0.2) is 13.2 Å². The molecule has 0 aromatic heterocycles. The van der Waals surface area contributed by atoms with E-state index < -0.39 is 0 Å². The predicted octanol–water partition coefficient (Wildman–Crippen LogP) is 3.30. The van der Waals surface area contributed by atoms with E-state index in [1.165, 1.54) is 6.07 Å². The number of nitrogens with two attached hydrogens (primary N) is 1. The predicted molar refractivity (Wildman–Crippen MR) is 81.1 cm³/mol. The molecule has 0 radical (unpaired) electrons. The molecule has 0 aliphatic carbocycles. The Labute approximate surface area is 124 Å². The molecule has 0 aliphatic heterocycles. The van der Waals surface area contributed by atoms with E-state index in [4.69, 9.17) is 15.2 Å². The van der Waals surface area contributed by atoms with Crippen LogP contribution in [0.15, 0.2) is 42.5 Å². The van der Waals surface area contributed by atoms with E-state index in [1.54, 1.807) is 25.3 Å². The molecule has 0 amide bonds. The van der Waals surface area contributed by atoms with Crippen molar-refractivity contribution in [1.82, 2.24) is 0 Å². The number of benzene rings is 2. The molecule has 2 N–H and O–H groups in total. The highest BCUT2D eigenvalue weighted by molar-refractivity contribution is 5.43. The molecule has 2 aromatic rings. The van der Waals surface area contributed by atoms with Crippen LogP contribution in [0.5, 0.6) is 11.5 Å². The van der Waals surface area contributed by atoms with E-state index in [0.29, 0.717) is 17.1 Å². The molecule has 0 aliphatic rings. The smallest absolute Gasteiger partial charge is 0.161 e. The minimum absolute atomic E-state index is 0.0674. The molecule has 3 nitrogen and oxygen atoms in total. The summed E-state index contributed by atoms with van der Waals surface area (Å²) >= 11 is 0. The Kier molecular flexibility index (Phi) is 5.17. The first-order valence-electron chi connectivity index (χ1n) is 6.89. The van der Waals surface area contributed by atoms with E-state index in [0.717, 1.165) is 12.0 Å². The van der Waals surface area contributed by atoms with E-state index >= 15 is 0 Å². The maximum absolute atomic E-state index is 13.6. The molecule has 0 heterocycles. The van der Waals surface area contributed by atoms with Gasteiger partial charge in [0.15, 0.2) is 11.5 Å². The number of hydrogen-bond acceptors (Lipinski definition) is 3. The van der Waals surface area contributed by atoms with E-state index in [2.05, 4.69) is 0 Å². The largest absolute Gasteiger partial charge is 0.493 e. The summed E-state index contributed by atoms with van der Waals surface area (Å²) in [6.07, 6.45) is 0.750. The molecule has 1 atom stereocenters. The third kappa shape index (κ3) is 4.20. The van der Waals surface area contributed by atoms with Crippen molar-refractivity contribution >= 4 is 0 Å². The molecular formula is C17H20FNO2. The summed E-state index contributed by atoms with van der Waals surface area (Å²) in [4.78, 5) is 0. The maximum atomic E-state index is 13.6. The van der Waals surface area contributed by atoms with Crippen molar-refractivity contribution in [2.24, 2.45) is 5.73 Å². The average Bonchev–Trinajstić information content (AvgIpc) is 2.46. The lowest BCUT2D eigenvalue weighted by Gasteiger charge is -2.13. The summed E-state index contributed by atoms with van der Waals surface area (Å²) in [6, 6.07) is 12.3. The highest BCUT2D eigenvalue weighted by Crippen LogP contribution is 2.29. The molecule has 1 unspecified atom stereocenters. The van der Waals surface area contributed by atoms with Gasteiger partial charge in [-0.25, -0.2) is 4.39 Å². The number of rotatable bonds is 6. The van der Waals surface area contributed by atoms with Crippen molar-refractivity contribution < 1.29 is 13.9 Å². The lowest BCUT2D eigenvalue weighted by Crippen LogP contribution is -2.17. The fraction of sp³-hybridized carbons (Fsp3) is 0.294. The Morgan fingerprint density at radius 3 is 2.57 bits per heavy atom. The normalized spacial score (nSPS) is 12.0. The average molecular weight is 289 g/mol. The first-order valence-corrected chi connectivity index (χ1v) is 6.89. The molecule has 2 rings (SSSR count). The van der Waals surface area contributed by atoms with Crippen LogP contribution in [0.3, 0.4) is 0 Å². The van der Waals surface area contributed by atoms with Gasteiger partial charge >= 0.3 is 0 Å². The molecular weight excluding hydrogens is 269 g/mol. The highest BCUT2D eigenvalue weighted by Gasteiger charge is 2.09. The van der Waals surface area contributed by atoms with Gasteiger partial charge in [-0.05, 0) is 37.1 Å². The van der Waals surface area contributed by atoms with Gasteiger partial charge in [-0.15, -0.1) is 0 Å². The summed E-state index contributed by atoms with van der Waals surface area (Å²) in [7, 11) is 1.58. The summed E-state index contributed by atoms with van der Waals surface area (Å²) in [6.45, 7) is 2.11. The van der Waals surface area contributed by atoms with Crippen molar-refractivity contribution in [2.45, 2.75) is 26.0 Å². The molecule has 0 saturated carbocycles. The molecule has 4 heteroatoms. The van der Waals surface area contributed by atoms with Crippen LogP contribution < -0.4 is 15.2 Å². The standard InChI is InChI=1S/C17H20FNO2/c1-12(19)9-13-7-8-16(20-2)17(10-13)21-11-14-5-3-4-6-15(14)18/h3-8,10,12H,9,11,19H2,1-2H3. The van der Waals surface area contributed by atoms with Crippen LogP contribution in [0.4, 0.5) is 4.39 Å². The van der Waals surface area contributed by atoms with Crippen LogP contribution in [0, 0.1) is 5.82 Å². The zero-order chi connectivity index (χ0) is 15.2. The van der Waals surface area contributed by atoms with Crippen LogP contribution >= 0.6 is 0 Å². The Hall–Kier alpha value is -2.07. The summed E-state index contributed by atoms with van der Waals surface area (Å²) < 4.78 is 24.6. The second kappa shape index (κ2) is 7.09. The molecule has 0 fully saturated rings. The minimum atomic E-state index is -0.275. The van der Waals surface area contributed by atoms with Gasteiger partial charge in [0.1, 0.15) is 12.4 Å². The highest BCUT2D eigenvalue weighted by atomic mass is 19.1.